The SMILES string of the molecule is O=C(CN1CCCC1C(=O)N1CCSCC1)NC1CC1. The van der Waals surface area contributed by atoms with E-state index in [4.69, 9.17) is 0 Å². The minimum Gasteiger partial charge on any atom is -0.352 e. The molecule has 3 rings (SSSR count). The normalized spacial score (nSPS) is 27.6. The van der Waals surface area contributed by atoms with Crippen LogP contribution in [-0.4, -0.2) is 71.4 Å². The molecule has 0 aromatic rings. The van der Waals surface area contributed by atoms with Crippen LogP contribution in [0.1, 0.15) is 25.7 Å². The number of thioether (sulfide) groups is 1. The number of hydrogen-bond acceptors (Lipinski definition) is 4. The van der Waals surface area contributed by atoms with Crippen LogP contribution in [0.4, 0.5) is 0 Å². The van der Waals surface area contributed by atoms with E-state index in [1.165, 1.54) is 0 Å². The Morgan fingerprint density at radius 1 is 1.10 bits per heavy atom. The van der Waals surface area contributed by atoms with Crippen LogP contribution in [0.3, 0.4) is 0 Å². The van der Waals surface area contributed by atoms with E-state index in [2.05, 4.69) is 10.2 Å². The average molecular weight is 297 g/mol. The van der Waals surface area contributed by atoms with E-state index in [0.29, 0.717) is 12.6 Å². The minimum absolute atomic E-state index is 0.0666. The number of carbonyl (C=O) groups is 2. The van der Waals surface area contributed by atoms with E-state index in [1.807, 2.05) is 16.7 Å². The monoisotopic (exact) mass is 297 g/mol. The smallest absolute Gasteiger partial charge is 0.239 e. The zero-order chi connectivity index (χ0) is 13.9. The van der Waals surface area contributed by atoms with Crippen molar-refractivity contribution in [3.05, 3.63) is 0 Å². The quantitative estimate of drug-likeness (QED) is 0.811. The summed E-state index contributed by atoms with van der Waals surface area (Å²) in [5.74, 6) is 2.41. The molecule has 1 unspecified atom stereocenters. The van der Waals surface area contributed by atoms with Crippen molar-refractivity contribution >= 4 is 23.6 Å². The topological polar surface area (TPSA) is 52.7 Å². The molecule has 1 aliphatic carbocycles. The summed E-state index contributed by atoms with van der Waals surface area (Å²) in [6.45, 7) is 2.98. The predicted molar refractivity (Wildman–Crippen MR) is 79.7 cm³/mol. The van der Waals surface area contributed by atoms with Gasteiger partial charge in [-0.25, -0.2) is 0 Å². The summed E-state index contributed by atoms with van der Waals surface area (Å²) in [5, 5.41) is 3.01. The molecule has 2 saturated heterocycles. The summed E-state index contributed by atoms with van der Waals surface area (Å²) >= 11 is 1.91. The molecule has 5 nitrogen and oxygen atoms in total. The molecule has 6 heteroatoms. The first-order valence-corrected chi connectivity index (χ1v) is 8.79. The molecule has 0 bridgehead atoms. The van der Waals surface area contributed by atoms with Crippen molar-refractivity contribution in [3.63, 3.8) is 0 Å². The van der Waals surface area contributed by atoms with Gasteiger partial charge in [0.05, 0.1) is 12.6 Å². The first kappa shape index (κ1) is 14.2. The van der Waals surface area contributed by atoms with Crippen molar-refractivity contribution in [1.82, 2.24) is 15.1 Å². The lowest BCUT2D eigenvalue weighted by atomic mass is 10.2. The second-order valence-corrected chi connectivity index (χ2v) is 7.13. The number of amides is 2. The lowest BCUT2D eigenvalue weighted by molar-refractivity contribution is -0.136. The van der Waals surface area contributed by atoms with E-state index >= 15 is 0 Å². The molecular formula is C14H23N3O2S. The van der Waals surface area contributed by atoms with Crippen LogP contribution in [0.15, 0.2) is 0 Å². The van der Waals surface area contributed by atoms with Gasteiger partial charge >= 0.3 is 0 Å². The maximum Gasteiger partial charge on any atom is 0.239 e. The van der Waals surface area contributed by atoms with Crippen molar-refractivity contribution < 1.29 is 9.59 Å². The van der Waals surface area contributed by atoms with Crippen LogP contribution < -0.4 is 5.32 Å². The second kappa shape index (κ2) is 6.35. The second-order valence-electron chi connectivity index (χ2n) is 5.91. The molecule has 0 aromatic heterocycles. The highest BCUT2D eigenvalue weighted by molar-refractivity contribution is 7.99. The summed E-state index contributed by atoms with van der Waals surface area (Å²) in [7, 11) is 0. The highest BCUT2D eigenvalue weighted by atomic mass is 32.2. The molecule has 3 fully saturated rings. The summed E-state index contributed by atoms with van der Waals surface area (Å²) in [5.41, 5.74) is 0. The highest BCUT2D eigenvalue weighted by Crippen LogP contribution is 2.22. The zero-order valence-corrected chi connectivity index (χ0v) is 12.7. The van der Waals surface area contributed by atoms with Gasteiger partial charge in [-0.1, -0.05) is 0 Å². The molecule has 0 radical (unpaired) electrons. The van der Waals surface area contributed by atoms with Gasteiger partial charge in [0.2, 0.25) is 11.8 Å². The van der Waals surface area contributed by atoms with Gasteiger partial charge in [-0.2, -0.15) is 11.8 Å². The lowest BCUT2D eigenvalue weighted by Gasteiger charge is -2.32. The molecule has 1 N–H and O–H groups in total. The third-order valence-corrected chi connectivity index (χ3v) is 5.20. The molecular weight excluding hydrogens is 274 g/mol. The van der Waals surface area contributed by atoms with Gasteiger partial charge in [0.25, 0.3) is 0 Å². The fourth-order valence-electron chi connectivity index (χ4n) is 2.97. The maximum atomic E-state index is 12.6. The third kappa shape index (κ3) is 3.47. The van der Waals surface area contributed by atoms with Crippen molar-refractivity contribution in [2.24, 2.45) is 0 Å². The Bertz CT molecular complexity index is 381. The van der Waals surface area contributed by atoms with Gasteiger partial charge in [-0.05, 0) is 32.2 Å². The van der Waals surface area contributed by atoms with E-state index in [1.54, 1.807) is 0 Å². The number of nitrogens with zero attached hydrogens (tertiary/aromatic N) is 2. The molecule has 0 aromatic carbocycles. The van der Waals surface area contributed by atoms with Gasteiger partial charge < -0.3 is 10.2 Å². The first-order chi connectivity index (χ1) is 9.74. The number of likely N-dealkylation sites (tertiary alicyclic amines) is 1. The van der Waals surface area contributed by atoms with Crippen molar-refractivity contribution in [2.75, 3.05) is 37.7 Å². The van der Waals surface area contributed by atoms with Crippen LogP contribution in [0.25, 0.3) is 0 Å². The molecule has 0 spiro atoms. The van der Waals surface area contributed by atoms with Crippen LogP contribution in [-0.2, 0) is 9.59 Å². The minimum atomic E-state index is -0.0666. The standard InChI is InChI=1S/C14H23N3O2S/c18-13(15-11-3-4-11)10-17-5-1-2-12(17)14(19)16-6-8-20-9-7-16/h11-12H,1-10H2,(H,15,18). The molecule has 20 heavy (non-hydrogen) atoms. The third-order valence-electron chi connectivity index (χ3n) is 4.26. The van der Waals surface area contributed by atoms with E-state index < -0.39 is 0 Å². The molecule has 1 saturated carbocycles. The number of hydrogen-bond donors (Lipinski definition) is 1. The maximum absolute atomic E-state index is 12.6. The van der Waals surface area contributed by atoms with Gasteiger partial charge in [0.1, 0.15) is 0 Å². The first-order valence-electron chi connectivity index (χ1n) is 7.64. The van der Waals surface area contributed by atoms with Crippen LogP contribution in [0, 0.1) is 0 Å². The number of nitrogens with one attached hydrogen (secondary N) is 1. The van der Waals surface area contributed by atoms with Crippen LogP contribution in [0.2, 0.25) is 0 Å². The molecule has 2 aliphatic heterocycles. The van der Waals surface area contributed by atoms with Gasteiger partial charge in [0.15, 0.2) is 0 Å². The lowest BCUT2D eigenvalue weighted by Crippen LogP contribution is -2.50. The van der Waals surface area contributed by atoms with E-state index in [0.717, 1.165) is 56.8 Å². The Hall–Kier alpha value is -0.750. The Labute approximate surface area is 124 Å². The molecule has 2 heterocycles. The zero-order valence-electron chi connectivity index (χ0n) is 11.8. The summed E-state index contributed by atoms with van der Waals surface area (Å²) in [6.07, 6.45) is 4.15. The Kier molecular flexibility index (Phi) is 4.51. The van der Waals surface area contributed by atoms with Gasteiger partial charge in [-0.3, -0.25) is 14.5 Å². The average Bonchev–Trinajstić information content (AvgIpc) is 3.15. The van der Waals surface area contributed by atoms with E-state index in [9.17, 15) is 9.59 Å². The van der Waals surface area contributed by atoms with Crippen molar-refractivity contribution in [3.8, 4) is 0 Å². The van der Waals surface area contributed by atoms with Gasteiger partial charge in [-0.15, -0.1) is 0 Å². The van der Waals surface area contributed by atoms with Crippen molar-refractivity contribution in [1.29, 1.82) is 0 Å². The fraction of sp³-hybridized carbons (Fsp3) is 0.857. The van der Waals surface area contributed by atoms with Gasteiger partial charge in [0, 0.05) is 30.6 Å². The predicted octanol–water partition coefficient (Wildman–Crippen LogP) is 0.305. The van der Waals surface area contributed by atoms with E-state index in [-0.39, 0.29) is 17.9 Å². The molecule has 2 amide bonds. The fourth-order valence-corrected chi connectivity index (χ4v) is 3.88. The summed E-state index contributed by atoms with van der Waals surface area (Å²) < 4.78 is 0. The van der Waals surface area contributed by atoms with Crippen LogP contribution in [0.5, 0.6) is 0 Å². The molecule has 112 valence electrons. The van der Waals surface area contributed by atoms with Crippen LogP contribution >= 0.6 is 11.8 Å². The highest BCUT2D eigenvalue weighted by Gasteiger charge is 2.35. The Morgan fingerprint density at radius 3 is 2.55 bits per heavy atom. The number of carbonyl (C=O) groups excluding carboxylic acids is 2. The Balaban J connectivity index is 1.53. The summed E-state index contributed by atoms with van der Waals surface area (Å²) in [4.78, 5) is 28.5. The Morgan fingerprint density at radius 2 is 1.85 bits per heavy atom. The summed E-state index contributed by atoms with van der Waals surface area (Å²) in [6, 6.07) is 0.335. The molecule has 1 atom stereocenters. The number of rotatable bonds is 4. The largest absolute Gasteiger partial charge is 0.352 e. The van der Waals surface area contributed by atoms with Crippen molar-refractivity contribution in [2.45, 2.75) is 37.8 Å². The molecule has 3 aliphatic rings.